The van der Waals surface area contributed by atoms with E-state index in [0.29, 0.717) is 29.0 Å². The van der Waals surface area contributed by atoms with Crippen molar-refractivity contribution >= 4 is 5.78 Å². The van der Waals surface area contributed by atoms with Crippen LogP contribution in [0.2, 0.25) is 0 Å². The molecule has 0 saturated carbocycles. The average molecular weight is 294 g/mol. The van der Waals surface area contributed by atoms with Crippen molar-refractivity contribution in [2.24, 2.45) is 0 Å². The normalized spacial score (nSPS) is 10.6. The van der Waals surface area contributed by atoms with Crippen molar-refractivity contribution in [1.29, 1.82) is 0 Å². The van der Waals surface area contributed by atoms with Crippen LogP contribution in [0.25, 0.3) is 0 Å². The maximum atomic E-state index is 13.2. The molecular weight excluding hydrogens is 281 g/mol. The smallest absolute Gasteiger partial charge is 0.194 e. The summed E-state index contributed by atoms with van der Waals surface area (Å²) < 4.78 is 44.5. The molecule has 2 nitrogen and oxygen atoms in total. The number of aryl methyl sites for hydroxylation is 2. The molecule has 0 radical (unpaired) electrons. The predicted molar refractivity (Wildman–Crippen MR) is 72.2 cm³/mol. The van der Waals surface area contributed by atoms with Crippen LogP contribution in [0.4, 0.5) is 13.2 Å². The Morgan fingerprint density at radius 3 is 2.05 bits per heavy atom. The molecule has 0 aliphatic rings. The third-order valence-corrected chi connectivity index (χ3v) is 3.23. The van der Waals surface area contributed by atoms with Gasteiger partial charge in [-0.15, -0.1) is 0 Å². The monoisotopic (exact) mass is 294 g/mol. The highest BCUT2D eigenvalue weighted by Gasteiger charge is 2.18. The van der Waals surface area contributed by atoms with Crippen molar-refractivity contribution in [3.63, 3.8) is 0 Å². The fourth-order valence-electron chi connectivity index (χ4n) is 2.10. The van der Waals surface area contributed by atoms with E-state index in [1.165, 1.54) is 7.11 Å². The SMILES string of the molecule is COc1cc(C)c(C(=O)c2cc(F)c(F)c(F)c2)cc1C. The Labute approximate surface area is 120 Å². The Hall–Kier alpha value is -2.30. The zero-order valence-electron chi connectivity index (χ0n) is 11.8. The van der Waals surface area contributed by atoms with Gasteiger partial charge in [-0.3, -0.25) is 4.79 Å². The number of halogens is 3. The number of hydrogen-bond donors (Lipinski definition) is 0. The van der Waals surface area contributed by atoms with Crippen LogP contribution in [0.15, 0.2) is 24.3 Å². The zero-order valence-corrected chi connectivity index (χ0v) is 11.8. The number of hydrogen-bond acceptors (Lipinski definition) is 2. The van der Waals surface area contributed by atoms with E-state index < -0.39 is 23.2 Å². The lowest BCUT2D eigenvalue weighted by Crippen LogP contribution is -2.07. The Morgan fingerprint density at radius 1 is 0.952 bits per heavy atom. The van der Waals surface area contributed by atoms with Gasteiger partial charge in [0.2, 0.25) is 0 Å². The summed E-state index contributed by atoms with van der Waals surface area (Å²) in [6, 6.07) is 4.63. The van der Waals surface area contributed by atoms with Gasteiger partial charge < -0.3 is 4.74 Å². The number of ketones is 1. The van der Waals surface area contributed by atoms with E-state index in [1.54, 1.807) is 26.0 Å². The molecule has 2 rings (SSSR count). The summed E-state index contributed by atoms with van der Waals surface area (Å²) in [5, 5.41) is 0. The topological polar surface area (TPSA) is 26.3 Å². The molecule has 110 valence electrons. The van der Waals surface area contributed by atoms with Crippen LogP contribution in [-0.4, -0.2) is 12.9 Å². The molecule has 0 fully saturated rings. The van der Waals surface area contributed by atoms with E-state index in [1.807, 2.05) is 0 Å². The second-order valence-electron chi connectivity index (χ2n) is 4.72. The summed E-state index contributed by atoms with van der Waals surface area (Å²) in [7, 11) is 1.51. The highest BCUT2D eigenvalue weighted by molar-refractivity contribution is 6.10. The molecule has 2 aromatic rings. The zero-order chi connectivity index (χ0) is 15.7. The van der Waals surface area contributed by atoms with Crippen molar-refractivity contribution < 1.29 is 22.7 Å². The van der Waals surface area contributed by atoms with Gasteiger partial charge in [0.1, 0.15) is 5.75 Å². The van der Waals surface area contributed by atoms with Gasteiger partial charge in [0.05, 0.1) is 7.11 Å². The molecule has 0 spiro atoms. The van der Waals surface area contributed by atoms with Gasteiger partial charge in [0.25, 0.3) is 0 Å². The molecule has 5 heteroatoms. The number of ether oxygens (including phenoxy) is 1. The van der Waals surface area contributed by atoms with Gasteiger partial charge in [-0.25, -0.2) is 13.2 Å². The molecule has 0 N–H and O–H groups in total. The van der Waals surface area contributed by atoms with Crippen LogP contribution < -0.4 is 4.74 Å². The first-order valence-corrected chi connectivity index (χ1v) is 6.19. The Bertz CT molecular complexity index is 701. The van der Waals surface area contributed by atoms with Crippen molar-refractivity contribution in [1.82, 2.24) is 0 Å². The molecule has 0 atom stereocenters. The quantitative estimate of drug-likeness (QED) is 0.632. The molecule has 0 aromatic heterocycles. The van der Waals surface area contributed by atoms with Crippen LogP contribution >= 0.6 is 0 Å². The summed E-state index contributed by atoms with van der Waals surface area (Å²) in [6.45, 7) is 3.44. The largest absolute Gasteiger partial charge is 0.496 e. The lowest BCUT2D eigenvalue weighted by atomic mass is 9.96. The van der Waals surface area contributed by atoms with Crippen LogP contribution in [0.3, 0.4) is 0 Å². The highest BCUT2D eigenvalue weighted by atomic mass is 19.2. The number of methoxy groups -OCH3 is 1. The first-order valence-electron chi connectivity index (χ1n) is 6.19. The van der Waals surface area contributed by atoms with Crippen LogP contribution in [-0.2, 0) is 0 Å². The summed E-state index contributed by atoms with van der Waals surface area (Å²) in [4.78, 5) is 12.3. The number of carbonyl (C=O) groups is 1. The van der Waals surface area contributed by atoms with Crippen molar-refractivity contribution in [3.05, 3.63) is 64.0 Å². The molecular formula is C16H13F3O2. The number of rotatable bonds is 3. The molecule has 0 aliphatic heterocycles. The van der Waals surface area contributed by atoms with E-state index >= 15 is 0 Å². The van der Waals surface area contributed by atoms with E-state index in [0.717, 1.165) is 5.56 Å². The number of carbonyl (C=O) groups excluding carboxylic acids is 1. The molecule has 0 saturated heterocycles. The molecule has 0 bridgehead atoms. The summed E-state index contributed by atoms with van der Waals surface area (Å²) >= 11 is 0. The van der Waals surface area contributed by atoms with Crippen LogP contribution in [0.1, 0.15) is 27.0 Å². The third kappa shape index (κ3) is 2.77. The second-order valence-corrected chi connectivity index (χ2v) is 4.72. The van der Waals surface area contributed by atoms with Gasteiger partial charge in [0.15, 0.2) is 23.2 Å². The lowest BCUT2D eigenvalue weighted by molar-refractivity contribution is 0.103. The van der Waals surface area contributed by atoms with E-state index in [9.17, 15) is 18.0 Å². The van der Waals surface area contributed by atoms with E-state index in [4.69, 9.17) is 4.74 Å². The fourth-order valence-corrected chi connectivity index (χ4v) is 2.10. The van der Waals surface area contributed by atoms with Gasteiger partial charge in [-0.1, -0.05) is 0 Å². The van der Waals surface area contributed by atoms with Gasteiger partial charge in [-0.05, 0) is 49.2 Å². The minimum Gasteiger partial charge on any atom is -0.496 e. The Kier molecular flexibility index (Phi) is 4.02. The van der Waals surface area contributed by atoms with Crippen LogP contribution in [0, 0.1) is 31.3 Å². The molecule has 0 aliphatic carbocycles. The molecule has 0 heterocycles. The van der Waals surface area contributed by atoms with Crippen molar-refractivity contribution in [3.8, 4) is 5.75 Å². The first kappa shape index (κ1) is 15.1. The average Bonchev–Trinajstić information content (AvgIpc) is 2.45. The van der Waals surface area contributed by atoms with Gasteiger partial charge in [-0.2, -0.15) is 0 Å². The lowest BCUT2D eigenvalue weighted by Gasteiger charge is -2.11. The first-order chi connectivity index (χ1) is 9.85. The summed E-state index contributed by atoms with van der Waals surface area (Å²) in [6.07, 6.45) is 0. The maximum absolute atomic E-state index is 13.2. The molecule has 2 aromatic carbocycles. The van der Waals surface area contributed by atoms with Gasteiger partial charge >= 0.3 is 0 Å². The highest BCUT2D eigenvalue weighted by Crippen LogP contribution is 2.25. The standard InChI is InChI=1S/C16H13F3O2/c1-8-5-14(21-3)9(2)4-11(8)16(20)10-6-12(17)15(19)13(18)7-10/h4-7H,1-3H3. The second kappa shape index (κ2) is 5.60. The summed E-state index contributed by atoms with van der Waals surface area (Å²) in [5.41, 5.74) is 1.37. The Balaban J connectivity index is 2.53. The number of benzene rings is 2. The molecule has 0 amide bonds. The Morgan fingerprint density at radius 2 is 1.52 bits per heavy atom. The van der Waals surface area contributed by atoms with Gasteiger partial charge in [0, 0.05) is 11.1 Å². The van der Waals surface area contributed by atoms with Crippen molar-refractivity contribution in [2.75, 3.05) is 7.11 Å². The van der Waals surface area contributed by atoms with Crippen LogP contribution in [0.5, 0.6) is 5.75 Å². The summed E-state index contributed by atoms with van der Waals surface area (Å²) in [5.74, 6) is -4.33. The molecule has 21 heavy (non-hydrogen) atoms. The van der Waals surface area contributed by atoms with Crippen molar-refractivity contribution in [2.45, 2.75) is 13.8 Å². The van der Waals surface area contributed by atoms with E-state index in [2.05, 4.69) is 0 Å². The fraction of sp³-hybridized carbons (Fsp3) is 0.188. The minimum absolute atomic E-state index is 0.237. The third-order valence-electron chi connectivity index (χ3n) is 3.23. The van der Waals surface area contributed by atoms with E-state index in [-0.39, 0.29) is 5.56 Å². The maximum Gasteiger partial charge on any atom is 0.194 e. The minimum atomic E-state index is -1.59. The predicted octanol–water partition coefficient (Wildman–Crippen LogP) is 3.96. The molecule has 0 unspecified atom stereocenters.